The topological polar surface area (TPSA) is 84.7 Å². The van der Waals surface area contributed by atoms with Crippen molar-refractivity contribution < 1.29 is 14.3 Å². The lowest BCUT2D eigenvalue weighted by atomic mass is 10.0. The predicted octanol–water partition coefficient (Wildman–Crippen LogP) is -1.33. The summed E-state index contributed by atoms with van der Waals surface area (Å²) in [6.45, 7) is 0.769. The second kappa shape index (κ2) is 3.40. The molecule has 1 rings (SSSR count). The number of hydrazine groups is 1. The molecule has 1 aliphatic heterocycles. The Balaban J connectivity index is 2.28. The van der Waals surface area contributed by atoms with Crippen molar-refractivity contribution in [3.05, 3.63) is 0 Å². The molecule has 0 radical (unpaired) electrons. The highest BCUT2D eigenvalue weighted by molar-refractivity contribution is 5.81. The van der Waals surface area contributed by atoms with Crippen LogP contribution in [0.5, 0.6) is 0 Å². The first kappa shape index (κ1) is 8.79. The van der Waals surface area contributed by atoms with Crippen molar-refractivity contribution in [3.8, 4) is 0 Å². The minimum atomic E-state index is -0.406. The van der Waals surface area contributed by atoms with Crippen molar-refractivity contribution in [1.82, 2.24) is 10.3 Å². The fourth-order valence-electron chi connectivity index (χ4n) is 1.04. The highest BCUT2D eigenvalue weighted by Crippen LogP contribution is 2.15. The lowest BCUT2D eigenvalue weighted by Gasteiger charge is -2.36. The molecule has 0 unspecified atom stereocenters. The normalized spacial score (nSPS) is 16.7. The number of carbonyl (C=O) groups excluding carboxylic acids is 2. The van der Waals surface area contributed by atoms with Gasteiger partial charge in [0, 0.05) is 13.1 Å². The molecule has 1 saturated heterocycles. The molecule has 1 fully saturated rings. The van der Waals surface area contributed by atoms with Crippen LogP contribution >= 0.6 is 0 Å². The number of amides is 2. The Labute approximate surface area is 69.6 Å². The van der Waals surface area contributed by atoms with Gasteiger partial charge in [0.25, 0.3) is 0 Å². The minimum Gasteiger partial charge on any atom is -0.453 e. The fourth-order valence-corrected chi connectivity index (χ4v) is 1.04. The van der Waals surface area contributed by atoms with Gasteiger partial charge < -0.3 is 9.64 Å². The smallest absolute Gasteiger partial charge is 0.409 e. The molecule has 0 saturated carbocycles. The summed E-state index contributed by atoms with van der Waals surface area (Å²) in [4.78, 5) is 23.1. The average molecular weight is 173 g/mol. The van der Waals surface area contributed by atoms with Gasteiger partial charge in [0.1, 0.15) is 0 Å². The number of hydrogen-bond donors (Lipinski definition) is 2. The molecule has 0 aromatic carbocycles. The van der Waals surface area contributed by atoms with Gasteiger partial charge in [-0.3, -0.25) is 10.2 Å². The lowest BCUT2D eigenvalue weighted by molar-refractivity contribution is -0.129. The van der Waals surface area contributed by atoms with E-state index in [1.807, 2.05) is 5.43 Å². The van der Waals surface area contributed by atoms with Crippen LogP contribution in [0.1, 0.15) is 0 Å². The van der Waals surface area contributed by atoms with Gasteiger partial charge in [0.2, 0.25) is 5.91 Å². The van der Waals surface area contributed by atoms with Gasteiger partial charge in [-0.15, -0.1) is 0 Å². The van der Waals surface area contributed by atoms with E-state index in [0.29, 0.717) is 13.1 Å². The first-order chi connectivity index (χ1) is 5.69. The van der Waals surface area contributed by atoms with Crippen molar-refractivity contribution >= 4 is 12.0 Å². The highest BCUT2D eigenvalue weighted by atomic mass is 16.5. The minimum absolute atomic E-state index is 0.186. The van der Waals surface area contributed by atoms with E-state index in [0.717, 1.165) is 0 Å². The number of carbonyl (C=O) groups is 2. The van der Waals surface area contributed by atoms with E-state index in [-0.39, 0.29) is 11.8 Å². The summed E-state index contributed by atoms with van der Waals surface area (Å²) in [6.07, 6.45) is -0.406. The second-order valence-corrected chi connectivity index (χ2v) is 2.58. The Morgan fingerprint density at radius 2 is 2.17 bits per heavy atom. The Bertz CT molecular complexity index is 180. The number of nitrogens with two attached hydrogens (primary N) is 1. The van der Waals surface area contributed by atoms with Gasteiger partial charge in [0.05, 0.1) is 13.0 Å². The third-order valence-electron chi connectivity index (χ3n) is 1.83. The van der Waals surface area contributed by atoms with Crippen LogP contribution in [-0.2, 0) is 9.53 Å². The maximum Gasteiger partial charge on any atom is 0.409 e. The summed E-state index contributed by atoms with van der Waals surface area (Å²) in [5, 5.41) is 0. The van der Waals surface area contributed by atoms with Crippen LogP contribution in [0, 0.1) is 5.92 Å². The van der Waals surface area contributed by atoms with Gasteiger partial charge >= 0.3 is 6.09 Å². The van der Waals surface area contributed by atoms with E-state index in [4.69, 9.17) is 5.84 Å². The van der Waals surface area contributed by atoms with Crippen LogP contribution in [0.2, 0.25) is 0 Å². The number of likely N-dealkylation sites (tertiary alicyclic amines) is 1. The van der Waals surface area contributed by atoms with E-state index < -0.39 is 6.09 Å². The van der Waals surface area contributed by atoms with Gasteiger partial charge in [-0.2, -0.15) is 0 Å². The molecule has 12 heavy (non-hydrogen) atoms. The monoisotopic (exact) mass is 173 g/mol. The summed E-state index contributed by atoms with van der Waals surface area (Å²) in [5.41, 5.74) is 2.03. The van der Waals surface area contributed by atoms with Crippen molar-refractivity contribution in [2.45, 2.75) is 0 Å². The molecule has 0 spiro atoms. The Morgan fingerprint density at radius 1 is 1.58 bits per heavy atom. The molecule has 6 nitrogen and oxygen atoms in total. The van der Waals surface area contributed by atoms with Crippen LogP contribution in [-0.4, -0.2) is 37.1 Å². The summed E-state index contributed by atoms with van der Waals surface area (Å²) < 4.78 is 4.44. The number of nitrogens with zero attached hydrogens (tertiary/aromatic N) is 1. The second-order valence-electron chi connectivity index (χ2n) is 2.58. The molecule has 6 heteroatoms. The summed E-state index contributed by atoms with van der Waals surface area (Å²) in [6, 6.07) is 0. The van der Waals surface area contributed by atoms with E-state index in [2.05, 4.69) is 4.74 Å². The largest absolute Gasteiger partial charge is 0.453 e. The standard InChI is InChI=1S/C6H11N3O3/c1-12-6(11)9-2-4(3-9)5(10)8-7/h4H,2-3,7H2,1H3,(H,8,10). The summed E-state index contributed by atoms with van der Waals surface area (Å²) in [5.74, 6) is 4.48. The number of hydrogen-bond acceptors (Lipinski definition) is 4. The predicted molar refractivity (Wildman–Crippen MR) is 39.8 cm³/mol. The third kappa shape index (κ3) is 1.48. The summed E-state index contributed by atoms with van der Waals surface area (Å²) in [7, 11) is 1.30. The zero-order valence-electron chi connectivity index (χ0n) is 6.74. The van der Waals surface area contributed by atoms with Crippen molar-refractivity contribution in [2.24, 2.45) is 11.8 Å². The number of nitrogens with one attached hydrogen (secondary N) is 1. The average Bonchev–Trinajstić information content (AvgIpc) is 2.01. The molecule has 0 bridgehead atoms. The van der Waals surface area contributed by atoms with Crippen LogP contribution in [0.25, 0.3) is 0 Å². The number of ether oxygens (including phenoxy) is 1. The van der Waals surface area contributed by atoms with Crippen molar-refractivity contribution in [2.75, 3.05) is 20.2 Å². The Kier molecular flexibility index (Phi) is 2.49. The number of rotatable bonds is 1. The molecule has 0 aromatic rings. The molecule has 68 valence electrons. The van der Waals surface area contributed by atoms with Crippen LogP contribution in [0.4, 0.5) is 4.79 Å². The number of methoxy groups -OCH3 is 1. The Hall–Kier alpha value is -1.30. The molecule has 2 amide bonds. The van der Waals surface area contributed by atoms with E-state index in [9.17, 15) is 9.59 Å². The Morgan fingerprint density at radius 3 is 2.58 bits per heavy atom. The molecular formula is C6H11N3O3. The van der Waals surface area contributed by atoms with E-state index >= 15 is 0 Å². The molecule has 0 atom stereocenters. The first-order valence-corrected chi connectivity index (χ1v) is 3.52. The first-order valence-electron chi connectivity index (χ1n) is 3.52. The van der Waals surface area contributed by atoms with Gasteiger partial charge in [-0.1, -0.05) is 0 Å². The van der Waals surface area contributed by atoms with E-state index in [1.54, 1.807) is 0 Å². The quantitative estimate of drug-likeness (QED) is 0.292. The maximum absolute atomic E-state index is 10.8. The maximum atomic E-state index is 10.8. The SMILES string of the molecule is COC(=O)N1CC(C(=O)NN)C1. The third-order valence-corrected chi connectivity index (χ3v) is 1.83. The van der Waals surface area contributed by atoms with Crippen LogP contribution in [0.15, 0.2) is 0 Å². The van der Waals surface area contributed by atoms with Crippen molar-refractivity contribution in [1.29, 1.82) is 0 Å². The van der Waals surface area contributed by atoms with Gasteiger partial charge in [-0.25, -0.2) is 10.6 Å². The van der Waals surface area contributed by atoms with Gasteiger partial charge in [0.15, 0.2) is 0 Å². The zero-order valence-corrected chi connectivity index (χ0v) is 6.74. The molecule has 0 aromatic heterocycles. The molecule has 3 N–H and O–H groups in total. The lowest BCUT2D eigenvalue weighted by Crippen LogP contribution is -2.56. The van der Waals surface area contributed by atoms with Crippen molar-refractivity contribution in [3.63, 3.8) is 0 Å². The highest BCUT2D eigenvalue weighted by Gasteiger charge is 2.35. The molecule has 1 heterocycles. The molecular weight excluding hydrogens is 162 g/mol. The zero-order chi connectivity index (χ0) is 9.14. The van der Waals surface area contributed by atoms with Gasteiger partial charge in [-0.05, 0) is 0 Å². The van der Waals surface area contributed by atoms with Crippen LogP contribution < -0.4 is 11.3 Å². The van der Waals surface area contributed by atoms with E-state index in [1.165, 1.54) is 12.0 Å². The molecule has 1 aliphatic rings. The molecule has 0 aliphatic carbocycles. The fraction of sp³-hybridized carbons (Fsp3) is 0.667. The van der Waals surface area contributed by atoms with Crippen LogP contribution in [0.3, 0.4) is 0 Å². The summed E-state index contributed by atoms with van der Waals surface area (Å²) >= 11 is 0.